The first-order valence-electron chi connectivity index (χ1n) is 5.80. The first kappa shape index (κ1) is 13.3. The summed E-state index contributed by atoms with van der Waals surface area (Å²) in [5.74, 6) is 0. The van der Waals surface area contributed by atoms with Crippen LogP contribution in [-0.4, -0.2) is 55.8 Å². The van der Waals surface area contributed by atoms with E-state index < -0.39 is 10.0 Å². The van der Waals surface area contributed by atoms with Crippen LogP contribution in [0, 0.1) is 0 Å². The van der Waals surface area contributed by atoms with Crippen LogP contribution in [0.1, 0.15) is 6.42 Å². The predicted octanol–water partition coefficient (Wildman–Crippen LogP) is -0.0116. The lowest BCUT2D eigenvalue weighted by molar-refractivity contribution is 0.302. The number of rotatable bonds is 3. The van der Waals surface area contributed by atoms with Crippen LogP contribution < -0.4 is 5.73 Å². The molecule has 0 spiro atoms. The number of aromatic nitrogens is 1. The minimum absolute atomic E-state index is 0.0376. The number of anilines is 1. The van der Waals surface area contributed by atoms with E-state index in [1.807, 2.05) is 19.0 Å². The van der Waals surface area contributed by atoms with Crippen LogP contribution >= 0.6 is 0 Å². The van der Waals surface area contributed by atoms with E-state index in [0.29, 0.717) is 13.1 Å². The third kappa shape index (κ3) is 2.33. The quantitative estimate of drug-likeness (QED) is 0.835. The van der Waals surface area contributed by atoms with E-state index >= 15 is 0 Å². The van der Waals surface area contributed by atoms with E-state index in [-0.39, 0.29) is 16.8 Å². The summed E-state index contributed by atoms with van der Waals surface area (Å²) in [6.45, 7) is 1.01. The number of sulfonamides is 1. The normalized spacial score (nSPS) is 21.6. The molecule has 0 saturated carbocycles. The van der Waals surface area contributed by atoms with E-state index in [4.69, 9.17) is 5.73 Å². The average molecular weight is 270 g/mol. The third-order valence-corrected chi connectivity index (χ3v) is 5.08. The number of likely N-dealkylation sites (N-methyl/N-ethyl adjacent to an activating group) is 1. The van der Waals surface area contributed by atoms with Crippen LogP contribution in [-0.2, 0) is 10.0 Å². The molecule has 7 heteroatoms. The average Bonchev–Trinajstić information content (AvgIpc) is 2.79. The third-order valence-electron chi connectivity index (χ3n) is 3.24. The van der Waals surface area contributed by atoms with Crippen molar-refractivity contribution >= 4 is 15.7 Å². The van der Waals surface area contributed by atoms with Gasteiger partial charge in [-0.05, 0) is 32.6 Å². The largest absolute Gasteiger partial charge is 0.396 e. The van der Waals surface area contributed by atoms with E-state index in [9.17, 15) is 8.42 Å². The Bertz CT molecular complexity index is 530. The van der Waals surface area contributed by atoms with Gasteiger partial charge < -0.3 is 10.6 Å². The van der Waals surface area contributed by atoms with Gasteiger partial charge in [0.05, 0.1) is 5.69 Å². The van der Waals surface area contributed by atoms with Gasteiger partial charge in [-0.3, -0.25) is 0 Å². The molecule has 1 aliphatic rings. The molecule has 0 aliphatic carbocycles. The smallest absolute Gasteiger partial charge is 0.262 e. The van der Waals surface area contributed by atoms with Crippen molar-refractivity contribution in [3.05, 3.63) is 18.3 Å². The highest BCUT2D eigenvalue weighted by atomic mass is 32.2. The van der Waals surface area contributed by atoms with Gasteiger partial charge in [0.2, 0.25) is 0 Å². The predicted molar refractivity (Wildman–Crippen MR) is 69.5 cm³/mol. The van der Waals surface area contributed by atoms with Gasteiger partial charge in [-0.1, -0.05) is 0 Å². The molecule has 100 valence electrons. The van der Waals surface area contributed by atoms with E-state index in [1.165, 1.54) is 10.5 Å². The van der Waals surface area contributed by atoms with Gasteiger partial charge in [0.15, 0.2) is 5.03 Å². The fraction of sp³-hybridized carbons (Fsp3) is 0.545. The monoisotopic (exact) mass is 270 g/mol. The number of pyridine rings is 1. The summed E-state index contributed by atoms with van der Waals surface area (Å²) in [4.78, 5) is 5.94. The van der Waals surface area contributed by atoms with Crippen molar-refractivity contribution in [1.29, 1.82) is 0 Å². The second-order valence-corrected chi connectivity index (χ2v) is 6.52. The Kier molecular flexibility index (Phi) is 3.56. The Hall–Kier alpha value is -1.18. The van der Waals surface area contributed by atoms with Crippen molar-refractivity contribution < 1.29 is 8.42 Å². The van der Waals surface area contributed by atoms with Crippen molar-refractivity contribution in [2.45, 2.75) is 17.5 Å². The van der Waals surface area contributed by atoms with Gasteiger partial charge in [-0.25, -0.2) is 13.4 Å². The zero-order valence-electron chi connectivity index (χ0n) is 10.6. The summed E-state index contributed by atoms with van der Waals surface area (Å²) >= 11 is 0. The molecule has 0 aromatic carbocycles. The maximum atomic E-state index is 12.4. The Morgan fingerprint density at radius 3 is 2.78 bits per heavy atom. The molecular formula is C11H18N4O2S. The zero-order valence-corrected chi connectivity index (χ0v) is 11.4. The molecule has 2 heterocycles. The summed E-state index contributed by atoms with van der Waals surface area (Å²) in [5.41, 5.74) is 5.89. The molecule has 0 bridgehead atoms. The zero-order chi connectivity index (χ0) is 13.3. The summed E-state index contributed by atoms with van der Waals surface area (Å²) < 4.78 is 26.2. The fourth-order valence-electron chi connectivity index (χ4n) is 2.09. The highest BCUT2D eigenvalue weighted by molar-refractivity contribution is 7.89. The molecule has 0 radical (unpaired) electrons. The molecule has 1 aromatic heterocycles. The fourth-order valence-corrected chi connectivity index (χ4v) is 3.61. The van der Waals surface area contributed by atoms with Crippen LogP contribution in [0.15, 0.2) is 23.4 Å². The van der Waals surface area contributed by atoms with E-state index in [1.54, 1.807) is 12.1 Å². The van der Waals surface area contributed by atoms with Crippen molar-refractivity contribution in [1.82, 2.24) is 14.2 Å². The van der Waals surface area contributed by atoms with Crippen LogP contribution in [0.3, 0.4) is 0 Å². The number of nitrogens with two attached hydrogens (primary N) is 1. The molecule has 2 N–H and O–H groups in total. The molecule has 1 unspecified atom stereocenters. The molecule has 18 heavy (non-hydrogen) atoms. The lowest BCUT2D eigenvalue weighted by atomic mass is 10.2. The lowest BCUT2D eigenvalue weighted by Gasteiger charge is -2.20. The molecule has 6 nitrogen and oxygen atoms in total. The van der Waals surface area contributed by atoms with Crippen molar-refractivity contribution in [3.8, 4) is 0 Å². The van der Waals surface area contributed by atoms with Crippen LogP contribution in [0.4, 0.5) is 5.69 Å². The van der Waals surface area contributed by atoms with Gasteiger partial charge in [0.1, 0.15) is 0 Å². The minimum Gasteiger partial charge on any atom is -0.396 e. The lowest BCUT2D eigenvalue weighted by Crippen LogP contribution is -2.35. The Morgan fingerprint density at radius 2 is 2.22 bits per heavy atom. The summed E-state index contributed by atoms with van der Waals surface area (Å²) in [7, 11) is 0.343. The van der Waals surface area contributed by atoms with Gasteiger partial charge in [-0.15, -0.1) is 0 Å². The van der Waals surface area contributed by atoms with Crippen LogP contribution in [0.25, 0.3) is 0 Å². The van der Waals surface area contributed by atoms with Crippen molar-refractivity contribution in [3.63, 3.8) is 0 Å². The Labute approximate surface area is 107 Å². The maximum Gasteiger partial charge on any atom is 0.262 e. The maximum absolute atomic E-state index is 12.4. The highest BCUT2D eigenvalue weighted by Crippen LogP contribution is 2.24. The van der Waals surface area contributed by atoms with Gasteiger partial charge >= 0.3 is 0 Å². The first-order valence-corrected chi connectivity index (χ1v) is 7.24. The molecule has 1 aliphatic heterocycles. The Balaban J connectivity index is 2.26. The van der Waals surface area contributed by atoms with E-state index in [0.717, 1.165) is 6.42 Å². The minimum atomic E-state index is -3.57. The standard InChI is InChI=1S/C11H18N4O2S/c1-14(2)9-5-7-15(8-9)18(16,17)11-10(12)4-3-6-13-11/h3-4,6,9H,5,7-8,12H2,1-2H3. The highest BCUT2D eigenvalue weighted by Gasteiger charge is 2.35. The second-order valence-electron chi connectivity index (χ2n) is 4.67. The van der Waals surface area contributed by atoms with Gasteiger partial charge in [0.25, 0.3) is 10.0 Å². The van der Waals surface area contributed by atoms with Gasteiger partial charge in [0, 0.05) is 25.3 Å². The summed E-state index contributed by atoms with van der Waals surface area (Å²) in [5, 5.41) is -0.0376. The molecule has 0 amide bonds. The molecular weight excluding hydrogens is 252 g/mol. The van der Waals surface area contributed by atoms with E-state index in [2.05, 4.69) is 4.98 Å². The summed E-state index contributed by atoms with van der Waals surface area (Å²) in [6, 6.07) is 3.44. The number of hydrogen-bond acceptors (Lipinski definition) is 5. The molecule has 1 aromatic rings. The molecule has 1 atom stereocenters. The first-order chi connectivity index (χ1) is 8.43. The number of nitrogens with zero attached hydrogens (tertiary/aromatic N) is 3. The van der Waals surface area contributed by atoms with Crippen molar-refractivity contribution in [2.24, 2.45) is 0 Å². The summed E-state index contributed by atoms with van der Waals surface area (Å²) in [6.07, 6.45) is 2.28. The number of hydrogen-bond donors (Lipinski definition) is 1. The number of nitrogen functional groups attached to an aromatic ring is 1. The second kappa shape index (κ2) is 4.83. The molecule has 1 saturated heterocycles. The SMILES string of the molecule is CN(C)C1CCN(S(=O)(=O)c2ncccc2N)C1. The molecule has 1 fully saturated rings. The molecule has 2 rings (SSSR count). The topological polar surface area (TPSA) is 79.5 Å². The van der Waals surface area contributed by atoms with Crippen LogP contribution in [0.2, 0.25) is 0 Å². The van der Waals surface area contributed by atoms with Crippen molar-refractivity contribution in [2.75, 3.05) is 32.9 Å². The van der Waals surface area contributed by atoms with Crippen LogP contribution in [0.5, 0.6) is 0 Å². The Morgan fingerprint density at radius 1 is 1.50 bits per heavy atom. The van der Waals surface area contributed by atoms with Gasteiger partial charge in [-0.2, -0.15) is 4.31 Å².